The second kappa shape index (κ2) is 6.19. The normalized spacial score (nSPS) is 16.7. The number of nitrogens with zero attached hydrogens (tertiary/aromatic N) is 1. The Kier molecular flexibility index (Phi) is 5.08. The monoisotopic (exact) mass is 299 g/mol. The standard InChI is InChI=1S/C13H17N3O3.ClH/c1-13(8-14,10-5-6-10)15-12(17)9-3-2-4-11(7-9)16(18)19;/h2-4,7,10H,5-6,8,14H2,1H3,(H,15,17);1H. The molecule has 2 rings (SSSR count). The molecule has 0 saturated heterocycles. The van der Waals surface area contributed by atoms with Crippen molar-refractivity contribution >= 4 is 24.0 Å². The van der Waals surface area contributed by atoms with Gasteiger partial charge in [-0.1, -0.05) is 6.07 Å². The molecule has 1 atom stereocenters. The SMILES string of the molecule is CC(CN)(NC(=O)c1cccc([N+](=O)[O-])c1)C1CC1.Cl. The van der Waals surface area contributed by atoms with Crippen LogP contribution in [0.3, 0.4) is 0 Å². The molecule has 0 heterocycles. The van der Waals surface area contributed by atoms with Crippen LogP contribution < -0.4 is 11.1 Å². The van der Waals surface area contributed by atoms with E-state index in [0.717, 1.165) is 12.8 Å². The maximum Gasteiger partial charge on any atom is 0.270 e. The molecule has 1 unspecified atom stereocenters. The molecule has 1 amide bonds. The maximum absolute atomic E-state index is 12.1. The number of amides is 1. The Hall–Kier alpha value is -1.66. The summed E-state index contributed by atoms with van der Waals surface area (Å²) in [6.07, 6.45) is 2.12. The Labute approximate surface area is 123 Å². The molecule has 110 valence electrons. The number of nitrogens with two attached hydrogens (primary N) is 1. The van der Waals surface area contributed by atoms with E-state index in [-0.39, 0.29) is 29.6 Å². The van der Waals surface area contributed by atoms with E-state index in [1.807, 2.05) is 6.92 Å². The highest BCUT2D eigenvalue weighted by Gasteiger charge is 2.41. The van der Waals surface area contributed by atoms with Crippen molar-refractivity contribution in [1.29, 1.82) is 0 Å². The van der Waals surface area contributed by atoms with Gasteiger partial charge in [-0.15, -0.1) is 12.4 Å². The van der Waals surface area contributed by atoms with Crippen molar-refractivity contribution in [2.75, 3.05) is 6.54 Å². The van der Waals surface area contributed by atoms with Crippen molar-refractivity contribution < 1.29 is 9.72 Å². The summed E-state index contributed by atoms with van der Waals surface area (Å²) < 4.78 is 0. The quantitative estimate of drug-likeness (QED) is 0.640. The van der Waals surface area contributed by atoms with Gasteiger partial charge in [-0.25, -0.2) is 0 Å². The molecule has 0 aliphatic heterocycles. The first-order chi connectivity index (χ1) is 8.96. The Bertz CT molecular complexity index is 519. The number of hydrogen-bond acceptors (Lipinski definition) is 4. The summed E-state index contributed by atoms with van der Waals surface area (Å²) in [6, 6.07) is 5.70. The summed E-state index contributed by atoms with van der Waals surface area (Å²) in [5.41, 5.74) is 5.50. The topological polar surface area (TPSA) is 98.3 Å². The second-order valence-corrected chi connectivity index (χ2v) is 5.16. The minimum absolute atomic E-state index is 0. The smallest absolute Gasteiger partial charge is 0.270 e. The van der Waals surface area contributed by atoms with E-state index in [0.29, 0.717) is 12.5 Å². The van der Waals surface area contributed by atoms with E-state index in [1.165, 1.54) is 18.2 Å². The van der Waals surface area contributed by atoms with E-state index >= 15 is 0 Å². The van der Waals surface area contributed by atoms with Crippen molar-refractivity contribution in [3.8, 4) is 0 Å². The number of hydrogen-bond donors (Lipinski definition) is 2. The van der Waals surface area contributed by atoms with Crippen molar-refractivity contribution in [2.24, 2.45) is 11.7 Å². The van der Waals surface area contributed by atoms with E-state index in [2.05, 4.69) is 5.32 Å². The van der Waals surface area contributed by atoms with Crippen LogP contribution in [0.4, 0.5) is 5.69 Å². The minimum atomic E-state index is -0.514. The van der Waals surface area contributed by atoms with Gasteiger partial charge in [0.15, 0.2) is 0 Å². The van der Waals surface area contributed by atoms with Gasteiger partial charge in [-0.2, -0.15) is 0 Å². The molecular formula is C13H18ClN3O3. The molecule has 1 aliphatic carbocycles. The van der Waals surface area contributed by atoms with Crippen LogP contribution in [0.1, 0.15) is 30.1 Å². The molecular weight excluding hydrogens is 282 g/mol. The van der Waals surface area contributed by atoms with Crippen LogP contribution in [0.5, 0.6) is 0 Å². The zero-order valence-electron chi connectivity index (χ0n) is 11.2. The molecule has 0 aromatic heterocycles. The van der Waals surface area contributed by atoms with Crippen molar-refractivity contribution in [2.45, 2.75) is 25.3 Å². The first-order valence-corrected chi connectivity index (χ1v) is 6.23. The van der Waals surface area contributed by atoms with Gasteiger partial charge in [0, 0.05) is 24.2 Å². The highest BCUT2D eigenvalue weighted by atomic mass is 35.5. The summed E-state index contributed by atoms with van der Waals surface area (Å²) >= 11 is 0. The molecule has 20 heavy (non-hydrogen) atoms. The van der Waals surface area contributed by atoms with E-state index in [9.17, 15) is 14.9 Å². The molecule has 0 spiro atoms. The van der Waals surface area contributed by atoms with E-state index in [1.54, 1.807) is 6.07 Å². The van der Waals surface area contributed by atoms with Crippen LogP contribution >= 0.6 is 12.4 Å². The average Bonchev–Trinajstić information content (AvgIpc) is 3.23. The zero-order valence-corrected chi connectivity index (χ0v) is 12.0. The summed E-state index contributed by atoms with van der Waals surface area (Å²) in [7, 11) is 0. The predicted molar refractivity (Wildman–Crippen MR) is 78.0 cm³/mol. The summed E-state index contributed by atoms with van der Waals surface area (Å²) in [5, 5.41) is 13.6. The number of rotatable bonds is 5. The zero-order chi connectivity index (χ0) is 14.0. The predicted octanol–water partition coefficient (Wildman–Crippen LogP) is 1.87. The molecule has 1 aromatic rings. The number of carbonyl (C=O) groups is 1. The van der Waals surface area contributed by atoms with Crippen LogP contribution in [-0.2, 0) is 0 Å². The summed E-state index contributed by atoms with van der Waals surface area (Å²) in [5.74, 6) is 0.0868. The molecule has 7 heteroatoms. The number of nitro benzene ring substituents is 1. The highest BCUT2D eigenvalue weighted by Crippen LogP contribution is 2.39. The molecule has 0 radical (unpaired) electrons. The number of benzene rings is 1. The van der Waals surface area contributed by atoms with Crippen LogP contribution in [0, 0.1) is 16.0 Å². The third-order valence-corrected chi connectivity index (χ3v) is 3.62. The van der Waals surface area contributed by atoms with Crippen molar-refractivity contribution in [3.63, 3.8) is 0 Å². The Balaban J connectivity index is 0.00000200. The molecule has 1 saturated carbocycles. The highest BCUT2D eigenvalue weighted by molar-refractivity contribution is 5.95. The number of nitrogens with one attached hydrogen (secondary N) is 1. The minimum Gasteiger partial charge on any atom is -0.345 e. The fourth-order valence-electron chi connectivity index (χ4n) is 2.13. The van der Waals surface area contributed by atoms with Crippen molar-refractivity contribution in [1.82, 2.24) is 5.32 Å². The van der Waals surface area contributed by atoms with Gasteiger partial charge in [0.05, 0.1) is 10.5 Å². The molecule has 1 aliphatic rings. The van der Waals surface area contributed by atoms with Gasteiger partial charge in [-0.05, 0) is 31.7 Å². The van der Waals surface area contributed by atoms with E-state index < -0.39 is 10.5 Å². The number of carbonyl (C=O) groups excluding carboxylic acids is 1. The lowest BCUT2D eigenvalue weighted by Crippen LogP contribution is -2.53. The Morgan fingerprint density at radius 3 is 2.70 bits per heavy atom. The Morgan fingerprint density at radius 1 is 1.55 bits per heavy atom. The van der Waals surface area contributed by atoms with Crippen LogP contribution in [0.2, 0.25) is 0 Å². The van der Waals surface area contributed by atoms with Crippen molar-refractivity contribution in [3.05, 3.63) is 39.9 Å². The average molecular weight is 300 g/mol. The fourth-order valence-corrected chi connectivity index (χ4v) is 2.13. The van der Waals surface area contributed by atoms with Gasteiger partial charge in [0.25, 0.3) is 11.6 Å². The lowest BCUT2D eigenvalue weighted by Gasteiger charge is -2.29. The maximum atomic E-state index is 12.1. The number of nitro groups is 1. The first kappa shape index (κ1) is 16.4. The molecule has 3 N–H and O–H groups in total. The van der Waals surface area contributed by atoms with Crippen LogP contribution in [0.15, 0.2) is 24.3 Å². The van der Waals surface area contributed by atoms with Crippen LogP contribution in [-0.4, -0.2) is 22.9 Å². The third kappa shape index (κ3) is 3.46. The molecule has 1 fully saturated rings. The third-order valence-electron chi connectivity index (χ3n) is 3.62. The molecule has 6 nitrogen and oxygen atoms in total. The fraction of sp³-hybridized carbons (Fsp3) is 0.462. The lowest BCUT2D eigenvalue weighted by atomic mass is 9.95. The molecule has 1 aromatic carbocycles. The number of halogens is 1. The first-order valence-electron chi connectivity index (χ1n) is 6.23. The largest absolute Gasteiger partial charge is 0.345 e. The van der Waals surface area contributed by atoms with Gasteiger partial charge in [0.1, 0.15) is 0 Å². The summed E-state index contributed by atoms with van der Waals surface area (Å²) in [6.45, 7) is 2.28. The summed E-state index contributed by atoms with van der Waals surface area (Å²) in [4.78, 5) is 22.3. The number of non-ortho nitro benzene ring substituents is 1. The van der Waals surface area contributed by atoms with Gasteiger partial charge in [-0.3, -0.25) is 14.9 Å². The van der Waals surface area contributed by atoms with Crippen LogP contribution in [0.25, 0.3) is 0 Å². The van der Waals surface area contributed by atoms with Gasteiger partial charge in [0.2, 0.25) is 0 Å². The Morgan fingerprint density at radius 2 is 2.20 bits per heavy atom. The van der Waals surface area contributed by atoms with Gasteiger partial charge < -0.3 is 11.1 Å². The van der Waals surface area contributed by atoms with Gasteiger partial charge >= 0.3 is 0 Å². The lowest BCUT2D eigenvalue weighted by molar-refractivity contribution is -0.384. The second-order valence-electron chi connectivity index (χ2n) is 5.16. The molecule has 0 bridgehead atoms. The van der Waals surface area contributed by atoms with E-state index in [4.69, 9.17) is 5.73 Å².